The summed E-state index contributed by atoms with van der Waals surface area (Å²) in [6.45, 7) is 22.3. The number of aryl methyl sites for hydroxylation is 6. The van der Waals surface area contributed by atoms with E-state index in [-0.39, 0.29) is 20.1 Å². The number of benzene rings is 6. The Kier molecular flexibility index (Phi) is 18.1. The van der Waals surface area contributed by atoms with E-state index in [1.807, 2.05) is 0 Å². The maximum atomic E-state index is 7.50. The molecule has 0 aromatic heterocycles. The van der Waals surface area contributed by atoms with Gasteiger partial charge in [0, 0.05) is 20.1 Å². The average Bonchev–Trinajstić information content (AvgIpc) is 3.12. The van der Waals surface area contributed by atoms with Crippen LogP contribution in [-0.2, 0) is 29.4 Å². The third-order valence-corrected chi connectivity index (χ3v) is 14.0. The zero-order chi connectivity index (χ0) is 35.1. The minimum absolute atomic E-state index is 0. The molecule has 249 valence electrons. The SMILES string of the molecule is Cc1ccccc1P(c1ccccc1C)c1ccccc1C.Cc1ccccc1P(c1ccccc1C)c1ccccc1C.[C-]#[O+].[C-]#[O+].[Ir]. The van der Waals surface area contributed by atoms with Crippen LogP contribution in [-0.4, -0.2) is 0 Å². The van der Waals surface area contributed by atoms with Crippen LogP contribution < -0.4 is 31.8 Å². The smallest absolute Gasteiger partial charge is 0 e. The van der Waals surface area contributed by atoms with E-state index in [0.717, 1.165) is 0 Å². The molecule has 0 amide bonds. The second kappa shape index (κ2) is 21.4. The molecule has 0 heterocycles. The second-order valence-electron chi connectivity index (χ2n) is 11.4. The van der Waals surface area contributed by atoms with Gasteiger partial charge >= 0.3 is 22.6 Å². The molecule has 0 fully saturated rings. The summed E-state index contributed by atoms with van der Waals surface area (Å²) in [5.74, 6) is 0. The molecule has 2 nitrogen and oxygen atoms in total. The molecule has 0 atom stereocenters. The summed E-state index contributed by atoms with van der Waals surface area (Å²) < 4.78 is 15.0. The van der Waals surface area contributed by atoms with Crippen LogP contribution in [0.15, 0.2) is 146 Å². The maximum Gasteiger partial charge on any atom is 0 e. The Balaban J connectivity index is 0.000000303. The Bertz CT molecular complexity index is 1600. The van der Waals surface area contributed by atoms with Crippen LogP contribution in [0.25, 0.3) is 0 Å². The zero-order valence-corrected chi connectivity index (χ0v) is 33.1. The van der Waals surface area contributed by atoms with Gasteiger partial charge in [0.1, 0.15) is 0 Å². The first-order chi connectivity index (χ1) is 23.4. The van der Waals surface area contributed by atoms with Crippen LogP contribution >= 0.6 is 15.8 Å². The maximum absolute atomic E-state index is 7.50. The monoisotopic (exact) mass is 857 g/mol. The van der Waals surface area contributed by atoms with Crippen molar-refractivity contribution in [2.24, 2.45) is 0 Å². The van der Waals surface area contributed by atoms with Crippen LogP contribution in [0.2, 0.25) is 0 Å². The van der Waals surface area contributed by atoms with Crippen molar-refractivity contribution in [1.82, 2.24) is 0 Å². The van der Waals surface area contributed by atoms with E-state index in [4.69, 9.17) is 9.30 Å². The summed E-state index contributed by atoms with van der Waals surface area (Å²) >= 11 is 0. The summed E-state index contributed by atoms with van der Waals surface area (Å²) in [5.41, 5.74) is 8.25. The molecule has 6 rings (SSSR count). The van der Waals surface area contributed by atoms with Gasteiger partial charge in [-0.1, -0.05) is 146 Å². The van der Waals surface area contributed by atoms with Crippen molar-refractivity contribution in [3.05, 3.63) is 192 Å². The normalized spacial score (nSPS) is 9.88. The van der Waals surface area contributed by atoms with Gasteiger partial charge < -0.3 is 0 Å². The van der Waals surface area contributed by atoms with Crippen molar-refractivity contribution in [1.29, 1.82) is 0 Å². The quantitative estimate of drug-likeness (QED) is 0.0915. The summed E-state index contributed by atoms with van der Waals surface area (Å²) in [5, 5.41) is 8.76. The molecule has 0 unspecified atom stereocenters. The van der Waals surface area contributed by atoms with E-state index in [2.05, 4.69) is 200 Å². The molecule has 0 saturated carbocycles. The Labute approximate surface area is 309 Å². The summed E-state index contributed by atoms with van der Waals surface area (Å²) in [6.07, 6.45) is 0. The van der Waals surface area contributed by atoms with Gasteiger partial charge in [-0.2, -0.15) is 0 Å². The fraction of sp³-hybridized carbons (Fsp3) is 0.136. The van der Waals surface area contributed by atoms with Gasteiger partial charge in [-0.3, -0.25) is 0 Å². The summed E-state index contributed by atoms with van der Waals surface area (Å²) in [7, 11) is -1.02. The number of hydrogen-bond acceptors (Lipinski definition) is 0. The zero-order valence-electron chi connectivity index (χ0n) is 28.9. The van der Waals surface area contributed by atoms with E-state index in [1.165, 1.54) is 65.2 Å². The average molecular weight is 857 g/mol. The molecule has 0 aliphatic heterocycles. The van der Waals surface area contributed by atoms with Crippen molar-refractivity contribution in [2.45, 2.75) is 41.5 Å². The van der Waals surface area contributed by atoms with E-state index in [1.54, 1.807) is 0 Å². The van der Waals surface area contributed by atoms with Crippen molar-refractivity contribution in [3.8, 4) is 0 Å². The van der Waals surface area contributed by atoms with Gasteiger partial charge in [0.05, 0.1) is 0 Å². The van der Waals surface area contributed by atoms with Crippen LogP contribution in [0.5, 0.6) is 0 Å². The van der Waals surface area contributed by atoms with E-state index < -0.39 is 15.8 Å². The van der Waals surface area contributed by atoms with Crippen LogP contribution in [0.4, 0.5) is 0 Å². The largest absolute Gasteiger partial charge is 0 e. The first kappa shape index (κ1) is 41.5. The fourth-order valence-electron chi connectivity index (χ4n) is 5.66. The molecule has 5 heteroatoms. The molecule has 1 radical (unpaired) electrons. The number of hydrogen-bond donors (Lipinski definition) is 0. The van der Waals surface area contributed by atoms with Gasteiger partial charge in [0.15, 0.2) is 0 Å². The molecular formula is C44H42IrO2P2. The van der Waals surface area contributed by atoms with E-state index in [0.29, 0.717) is 0 Å². The summed E-state index contributed by atoms with van der Waals surface area (Å²) in [6, 6.07) is 52.8. The van der Waals surface area contributed by atoms with Crippen LogP contribution in [0, 0.1) is 54.8 Å². The Morgan fingerprint density at radius 1 is 0.286 bits per heavy atom. The molecule has 49 heavy (non-hydrogen) atoms. The van der Waals surface area contributed by atoms with Crippen molar-refractivity contribution in [3.63, 3.8) is 0 Å². The van der Waals surface area contributed by atoms with E-state index in [9.17, 15) is 0 Å². The second-order valence-corrected chi connectivity index (χ2v) is 15.6. The van der Waals surface area contributed by atoms with Gasteiger partial charge in [-0.05, 0) is 123 Å². The number of rotatable bonds is 6. The first-order valence-electron chi connectivity index (χ1n) is 15.7. The van der Waals surface area contributed by atoms with Gasteiger partial charge in [0.2, 0.25) is 0 Å². The summed E-state index contributed by atoms with van der Waals surface area (Å²) in [4.78, 5) is 0. The first-order valence-corrected chi connectivity index (χ1v) is 18.4. The van der Waals surface area contributed by atoms with Crippen LogP contribution in [0.1, 0.15) is 33.4 Å². The molecule has 0 saturated heterocycles. The molecular weight excluding hydrogens is 815 g/mol. The molecule has 0 spiro atoms. The molecule has 0 aliphatic rings. The molecule has 0 N–H and O–H groups in total. The van der Waals surface area contributed by atoms with Gasteiger partial charge in [-0.25, -0.2) is 0 Å². The van der Waals surface area contributed by atoms with Crippen LogP contribution in [0.3, 0.4) is 0 Å². The van der Waals surface area contributed by atoms with Crippen molar-refractivity contribution in [2.75, 3.05) is 0 Å². The predicted molar refractivity (Wildman–Crippen MR) is 207 cm³/mol. The minimum Gasteiger partial charge on any atom is 0 e. The topological polar surface area (TPSA) is 39.8 Å². The minimum atomic E-state index is -0.508. The molecule has 6 aromatic carbocycles. The molecule has 6 aromatic rings. The van der Waals surface area contributed by atoms with Crippen molar-refractivity contribution >= 4 is 47.7 Å². The third kappa shape index (κ3) is 10.6. The molecule has 0 aliphatic carbocycles. The van der Waals surface area contributed by atoms with Crippen molar-refractivity contribution < 1.29 is 29.4 Å². The standard InChI is InChI=1S/2C21H21P.2CO.Ir/c2*1-16-10-4-7-13-19(16)22(20-14-8-5-11-17(20)2)21-15-9-6-12-18(21)3;2*1-2;/h2*4-15H,1-3H3;;;. The van der Waals surface area contributed by atoms with E-state index >= 15 is 0 Å². The Morgan fingerprint density at radius 2 is 0.408 bits per heavy atom. The Morgan fingerprint density at radius 3 is 0.531 bits per heavy atom. The predicted octanol–water partition coefficient (Wildman–Crippen LogP) is 8.66. The van der Waals surface area contributed by atoms with Gasteiger partial charge in [0.25, 0.3) is 0 Å². The fourth-order valence-corrected chi connectivity index (χ4v) is 11.2. The van der Waals surface area contributed by atoms with Gasteiger partial charge in [-0.15, -0.1) is 0 Å². The molecule has 0 bridgehead atoms. The third-order valence-electron chi connectivity index (χ3n) is 8.14. The Hall–Kier alpha value is -3.69.